The lowest BCUT2D eigenvalue weighted by atomic mass is 10.0. The molecule has 4 heteroatoms. The second-order valence-corrected chi connectivity index (χ2v) is 4.80. The highest BCUT2D eigenvalue weighted by Crippen LogP contribution is 2.22. The third kappa shape index (κ3) is 4.41. The quantitative estimate of drug-likeness (QED) is 0.828. The Morgan fingerprint density at radius 3 is 2.87 bits per heavy atom. The van der Waals surface area contributed by atoms with E-state index in [1.54, 1.807) is 0 Å². The molecule has 1 saturated heterocycles. The van der Waals surface area contributed by atoms with Crippen LogP contribution in [0.1, 0.15) is 12.8 Å². The zero-order valence-electron chi connectivity index (χ0n) is 8.69. The van der Waals surface area contributed by atoms with Gasteiger partial charge in [-0.05, 0) is 44.0 Å². The molecule has 1 N–H and O–H groups in total. The lowest BCUT2D eigenvalue weighted by molar-refractivity contribution is 0.410. The minimum atomic E-state index is 0. The molecule has 2 nitrogen and oxygen atoms in total. The third-order valence-electron chi connectivity index (χ3n) is 2.53. The molecule has 1 unspecified atom stereocenters. The minimum absolute atomic E-state index is 0. The van der Waals surface area contributed by atoms with Gasteiger partial charge in [0.05, 0.1) is 0 Å². The fraction of sp³-hybridized carbons (Fsp3) is 0.545. The summed E-state index contributed by atoms with van der Waals surface area (Å²) in [5.41, 5.74) is 0. The molecule has 0 aliphatic carbocycles. The monoisotopic (exact) mass is 244 g/mol. The van der Waals surface area contributed by atoms with Crippen molar-refractivity contribution < 1.29 is 0 Å². The van der Waals surface area contributed by atoms with E-state index in [4.69, 9.17) is 0 Å². The molecular formula is C11H17ClN2S. The summed E-state index contributed by atoms with van der Waals surface area (Å²) in [6.45, 7) is 2.40. The van der Waals surface area contributed by atoms with Crippen LogP contribution in [0.15, 0.2) is 29.4 Å². The van der Waals surface area contributed by atoms with E-state index in [2.05, 4.69) is 22.4 Å². The molecule has 15 heavy (non-hydrogen) atoms. The molecule has 0 bridgehead atoms. The molecule has 2 heterocycles. The number of nitrogens with zero attached hydrogens (tertiary/aromatic N) is 1. The summed E-state index contributed by atoms with van der Waals surface area (Å²) < 4.78 is 0. The van der Waals surface area contributed by atoms with E-state index in [0.29, 0.717) is 0 Å². The van der Waals surface area contributed by atoms with Gasteiger partial charge in [0.2, 0.25) is 0 Å². The molecule has 0 saturated carbocycles. The fourth-order valence-electron chi connectivity index (χ4n) is 1.71. The first-order valence-electron chi connectivity index (χ1n) is 5.19. The summed E-state index contributed by atoms with van der Waals surface area (Å²) in [6, 6.07) is 4.17. The normalized spacial score (nSPS) is 20.7. The van der Waals surface area contributed by atoms with Gasteiger partial charge in [-0.2, -0.15) is 0 Å². The van der Waals surface area contributed by atoms with Crippen LogP contribution in [-0.2, 0) is 0 Å². The SMILES string of the molecule is Cl.c1cc(SCC2CCCNC2)ccn1. The fourth-order valence-corrected chi connectivity index (χ4v) is 2.74. The van der Waals surface area contributed by atoms with Crippen LogP contribution in [0, 0.1) is 5.92 Å². The average molecular weight is 245 g/mol. The third-order valence-corrected chi connectivity index (χ3v) is 3.78. The van der Waals surface area contributed by atoms with Crippen molar-refractivity contribution >= 4 is 24.2 Å². The lowest BCUT2D eigenvalue weighted by Crippen LogP contribution is -2.30. The Bertz CT molecular complexity index is 263. The van der Waals surface area contributed by atoms with E-state index in [-0.39, 0.29) is 12.4 Å². The predicted octanol–water partition coefficient (Wildman–Crippen LogP) is 2.60. The van der Waals surface area contributed by atoms with Crippen LogP contribution < -0.4 is 5.32 Å². The van der Waals surface area contributed by atoms with Crippen molar-refractivity contribution in [3.63, 3.8) is 0 Å². The number of piperidine rings is 1. The largest absolute Gasteiger partial charge is 0.316 e. The van der Waals surface area contributed by atoms with E-state index in [0.717, 1.165) is 5.92 Å². The molecule has 1 atom stereocenters. The van der Waals surface area contributed by atoms with Crippen molar-refractivity contribution in [2.75, 3.05) is 18.8 Å². The first-order chi connectivity index (χ1) is 6.95. The van der Waals surface area contributed by atoms with E-state index in [1.807, 2.05) is 24.2 Å². The molecule has 1 aromatic rings. The zero-order chi connectivity index (χ0) is 9.64. The maximum absolute atomic E-state index is 4.01. The summed E-state index contributed by atoms with van der Waals surface area (Å²) in [4.78, 5) is 5.35. The van der Waals surface area contributed by atoms with E-state index in [9.17, 15) is 0 Å². The molecule has 1 aromatic heterocycles. The van der Waals surface area contributed by atoms with E-state index in [1.165, 1.54) is 36.6 Å². The number of aromatic nitrogens is 1. The van der Waals surface area contributed by atoms with Crippen molar-refractivity contribution in [1.29, 1.82) is 0 Å². The maximum atomic E-state index is 4.01. The second kappa shape index (κ2) is 7.09. The molecule has 84 valence electrons. The van der Waals surface area contributed by atoms with Gasteiger partial charge >= 0.3 is 0 Å². The molecule has 0 spiro atoms. The Morgan fingerprint density at radius 2 is 2.20 bits per heavy atom. The van der Waals surface area contributed by atoms with Gasteiger partial charge in [-0.1, -0.05) is 0 Å². The summed E-state index contributed by atoms with van der Waals surface area (Å²) >= 11 is 1.95. The van der Waals surface area contributed by atoms with Gasteiger partial charge in [0.1, 0.15) is 0 Å². The molecule has 0 radical (unpaired) electrons. The van der Waals surface area contributed by atoms with Gasteiger partial charge < -0.3 is 5.32 Å². The molecule has 0 amide bonds. The Balaban J connectivity index is 0.00000112. The van der Waals surface area contributed by atoms with E-state index >= 15 is 0 Å². The van der Waals surface area contributed by atoms with Gasteiger partial charge in [-0.15, -0.1) is 24.2 Å². The summed E-state index contributed by atoms with van der Waals surface area (Å²) in [6.07, 6.45) is 6.44. The zero-order valence-corrected chi connectivity index (χ0v) is 10.3. The predicted molar refractivity (Wildman–Crippen MR) is 67.8 cm³/mol. The number of rotatable bonds is 3. The Hall–Kier alpha value is -0.250. The number of pyridine rings is 1. The van der Waals surface area contributed by atoms with Gasteiger partial charge in [-0.3, -0.25) is 4.98 Å². The first-order valence-corrected chi connectivity index (χ1v) is 6.17. The molecule has 1 aliphatic heterocycles. The number of nitrogens with one attached hydrogen (secondary N) is 1. The van der Waals surface area contributed by atoms with Gasteiger partial charge in [0, 0.05) is 23.0 Å². The van der Waals surface area contributed by atoms with Crippen molar-refractivity contribution in [2.24, 2.45) is 5.92 Å². The highest BCUT2D eigenvalue weighted by molar-refractivity contribution is 7.99. The van der Waals surface area contributed by atoms with Gasteiger partial charge in [-0.25, -0.2) is 0 Å². The topological polar surface area (TPSA) is 24.9 Å². The highest BCUT2D eigenvalue weighted by atomic mass is 35.5. The second-order valence-electron chi connectivity index (χ2n) is 3.71. The van der Waals surface area contributed by atoms with Crippen molar-refractivity contribution in [3.8, 4) is 0 Å². The number of thioether (sulfide) groups is 1. The first kappa shape index (κ1) is 12.8. The molecule has 0 aromatic carbocycles. The average Bonchev–Trinajstić information content (AvgIpc) is 2.29. The van der Waals surface area contributed by atoms with Gasteiger partial charge in [0.15, 0.2) is 0 Å². The molecule has 1 fully saturated rings. The number of halogens is 1. The van der Waals surface area contributed by atoms with Crippen molar-refractivity contribution in [3.05, 3.63) is 24.5 Å². The van der Waals surface area contributed by atoms with Crippen molar-refractivity contribution in [2.45, 2.75) is 17.7 Å². The Morgan fingerprint density at radius 1 is 1.40 bits per heavy atom. The van der Waals surface area contributed by atoms with Crippen LogP contribution in [-0.4, -0.2) is 23.8 Å². The minimum Gasteiger partial charge on any atom is -0.316 e. The van der Waals surface area contributed by atoms with Crippen LogP contribution >= 0.6 is 24.2 Å². The van der Waals surface area contributed by atoms with Crippen LogP contribution in [0.4, 0.5) is 0 Å². The Labute approximate surface area is 102 Å². The Kier molecular flexibility index (Phi) is 6.06. The van der Waals surface area contributed by atoms with Crippen molar-refractivity contribution in [1.82, 2.24) is 10.3 Å². The van der Waals surface area contributed by atoms with Crippen LogP contribution in [0.3, 0.4) is 0 Å². The standard InChI is InChI=1S/C11H16N2S.ClH/c1-2-10(8-13-5-1)9-14-11-3-6-12-7-4-11;/h3-4,6-7,10,13H,1-2,5,8-9H2;1H. The number of hydrogen-bond acceptors (Lipinski definition) is 3. The summed E-state index contributed by atoms with van der Waals surface area (Å²) in [7, 11) is 0. The van der Waals surface area contributed by atoms with Crippen LogP contribution in [0.2, 0.25) is 0 Å². The lowest BCUT2D eigenvalue weighted by Gasteiger charge is -2.22. The molecule has 2 rings (SSSR count). The maximum Gasteiger partial charge on any atom is 0.0278 e. The van der Waals surface area contributed by atoms with Crippen LogP contribution in [0.5, 0.6) is 0 Å². The highest BCUT2D eigenvalue weighted by Gasteiger charge is 2.12. The molecule has 1 aliphatic rings. The summed E-state index contributed by atoms with van der Waals surface area (Å²) in [5.74, 6) is 2.08. The number of hydrogen-bond donors (Lipinski definition) is 1. The van der Waals surface area contributed by atoms with Gasteiger partial charge in [0.25, 0.3) is 0 Å². The van der Waals surface area contributed by atoms with E-state index < -0.39 is 0 Å². The van der Waals surface area contributed by atoms with Crippen LogP contribution in [0.25, 0.3) is 0 Å². The molecular weight excluding hydrogens is 228 g/mol. The smallest absolute Gasteiger partial charge is 0.0278 e. The summed E-state index contributed by atoms with van der Waals surface area (Å²) in [5, 5.41) is 3.45.